The fraction of sp³-hybridized carbons (Fsp3) is 0.611. The van der Waals surface area contributed by atoms with Gasteiger partial charge in [-0.15, -0.1) is 0 Å². The molecule has 1 atom stereocenters. The Morgan fingerprint density at radius 1 is 1.26 bits per heavy atom. The van der Waals surface area contributed by atoms with Gasteiger partial charge in [-0.2, -0.15) is 0 Å². The fourth-order valence-electron chi connectivity index (χ4n) is 3.94. The van der Waals surface area contributed by atoms with Crippen molar-refractivity contribution in [2.45, 2.75) is 31.6 Å². The van der Waals surface area contributed by atoms with Crippen LogP contribution in [0.5, 0.6) is 0 Å². The predicted octanol–water partition coefficient (Wildman–Crippen LogP) is 3.15. The molecule has 2 saturated heterocycles. The molecule has 0 amide bonds. The van der Waals surface area contributed by atoms with E-state index in [0.29, 0.717) is 11.5 Å². The molecule has 2 aliphatic heterocycles. The van der Waals surface area contributed by atoms with Gasteiger partial charge < -0.3 is 14.6 Å². The summed E-state index contributed by atoms with van der Waals surface area (Å²) in [6, 6.07) is 4.58. The maximum absolute atomic E-state index is 13.3. The van der Waals surface area contributed by atoms with Crippen molar-refractivity contribution >= 4 is 11.1 Å². The van der Waals surface area contributed by atoms with Crippen LogP contribution in [0.15, 0.2) is 22.6 Å². The third-order valence-electron chi connectivity index (χ3n) is 5.20. The first kappa shape index (κ1) is 15.1. The van der Waals surface area contributed by atoms with Gasteiger partial charge in [-0.3, -0.25) is 0 Å². The smallest absolute Gasteiger partial charge is 0.199 e. The normalized spacial score (nSPS) is 24.3. The van der Waals surface area contributed by atoms with E-state index in [-0.39, 0.29) is 5.82 Å². The SMILES string of the molecule is Fc1ccc2nc(C3CCCN(CC4CCNCC4)C3)oc2c1. The molecule has 1 aromatic heterocycles. The topological polar surface area (TPSA) is 41.3 Å². The van der Waals surface area contributed by atoms with Crippen LogP contribution in [0.3, 0.4) is 0 Å². The molecule has 2 fully saturated rings. The van der Waals surface area contributed by atoms with Crippen molar-refractivity contribution in [3.63, 3.8) is 0 Å². The highest BCUT2D eigenvalue weighted by atomic mass is 19.1. The van der Waals surface area contributed by atoms with Gasteiger partial charge >= 0.3 is 0 Å². The molecule has 1 unspecified atom stereocenters. The monoisotopic (exact) mass is 317 g/mol. The number of hydrogen-bond donors (Lipinski definition) is 1. The zero-order valence-corrected chi connectivity index (χ0v) is 13.4. The van der Waals surface area contributed by atoms with E-state index < -0.39 is 0 Å². The molecule has 1 aromatic carbocycles. The molecule has 0 spiro atoms. The largest absolute Gasteiger partial charge is 0.440 e. The lowest BCUT2D eigenvalue weighted by Gasteiger charge is -2.35. The van der Waals surface area contributed by atoms with Crippen LogP contribution < -0.4 is 5.32 Å². The minimum atomic E-state index is -0.267. The summed E-state index contributed by atoms with van der Waals surface area (Å²) in [7, 11) is 0. The third kappa shape index (κ3) is 3.40. The van der Waals surface area contributed by atoms with E-state index in [1.807, 2.05) is 0 Å². The van der Waals surface area contributed by atoms with Gasteiger partial charge in [-0.05, 0) is 63.4 Å². The highest BCUT2D eigenvalue weighted by Gasteiger charge is 2.27. The first-order chi connectivity index (χ1) is 11.3. The number of nitrogens with zero attached hydrogens (tertiary/aromatic N) is 2. The van der Waals surface area contributed by atoms with Gasteiger partial charge in [0.15, 0.2) is 11.5 Å². The van der Waals surface area contributed by atoms with Crippen LogP contribution in [0.1, 0.15) is 37.5 Å². The van der Waals surface area contributed by atoms with Gasteiger partial charge in [0, 0.05) is 25.1 Å². The average Bonchev–Trinajstić information content (AvgIpc) is 2.99. The van der Waals surface area contributed by atoms with Crippen molar-refractivity contribution in [1.82, 2.24) is 15.2 Å². The molecule has 4 rings (SSSR count). The van der Waals surface area contributed by atoms with Crippen molar-refractivity contribution in [1.29, 1.82) is 0 Å². The van der Waals surface area contributed by atoms with Gasteiger partial charge in [0.05, 0.1) is 0 Å². The Balaban J connectivity index is 1.45. The minimum Gasteiger partial charge on any atom is -0.440 e. The summed E-state index contributed by atoms with van der Waals surface area (Å²) in [5, 5.41) is 3.43. The highest BCUT2D eigenvalue weighted by Crippen LogP contribution is 2.30. The van der Waals surface area contributed by atoms with Gasteiger partial charge in [-0.25, -0.2) is 9.37 Å². The average molecular weight is 317 g/mol. The fourth-order valence-corrected chi connectivity index (χ4v) is 3.94. The predicted molar refractivity (Wildman–Crippen MR) is 88.0 cm³/mol. The number of benzene rings is 1. The molecule has 0 aliphatic carbocycles. The molecule has 1 N–H and O–H groups in total. The second kappa shape index (κ2) is 6.57. The molecule has 0 saturated carbocycles. The van der Waals surface area contributed by atoms with Crippen molar-refractivity contribution < 1.29 is 8.81 Å². The number of rotatable bonds is 3. The Kier molecular flexibility index (Phi) is 4.31. The molecular weight excluding hydrogens is 293 g/mol. The van der Waals surface area contributed by atoms with Gasteiger partial charge in [0.25, 0.3) is 0 Å². The van der Waals surface area contributed by atoms with Crippen LogP contribution in [-0.4, -0.2) is 42.6 Å². The molecule has 0 bridgehead atoms. The zero-order chi connectivity index (χ0) is 15.6. The molecule has 3 heterocycles. The molecule has 0 radical (unpaired) electrons. The molecule has 2 aromatic rings. The lowest BCUT2D eigenvalue weighted by Crippen LogP contribution is -2.40. The van der Waals surface area contributed by atoms with Gasteiger partial charge in [0.1, 0.15) is 11.3 Å². The Bertz CT molecular complexity index is 665. The number of likely N-dealkylation sites (tertiary alicyclic amines) is 1. The Hall–Kier alpha value is -1.46. The van der Waals surface area contributed by atoms with Crippen LogP contribution in [0.2, 0.25) is 0 Å². The Morgan fingerprint density at radius 3 is 3.00 bits per heavy atom. The molecule has 2 aliphatic rings. The molecule has 23 heavy (non-hydrogen) atoms. The van der Waals surface area contributed by atoms with Gasteiger partial charge in [-0.1, -0.05) is 0 Å². The third-order valence-corrected chi connectivity index (χ3v) is 5.20. The van der Waals surface area contributed by atoms with Crippen LogP contribution >= 0.6 is 0 Å². The van der Waals surface area contributed by atoms with Crippen LogP contribution in [0.4, 0.5) is 4.39 Å². The quantitative estimate of drug-likeness (QED) is 0.944. The summed E-state index contributed by atoms with van der Waals surface area (Å²) in [5.74, 6) is 1.66. The number of aromatic nitrogens is 1. The first-order valence-corrected chi connectivity index (χ1v) is 8.77. The lowest BCUT2D eigenvalue weighted by atomic mass is 9.93. The second-order valence-electron chi connectivity index (χ2n) is 6.96. The van der Waals surface area contributed by atoms with E-state index >= 15 is 0 Å². The number of nitrogens with one attached hydrogen (secondary N) is 1. The summed E-state index contributed by atoms with van der Waals surface area (Å²) in [6.45, 7) is 5.68. The summed E-state index contributed by atoms with van der Waals surface area (Å²) in [6.07, 6.45) is 4.85. The van der Waals surface area contributed by atoms with Crippen molar-refractivity contribution in [2.75, 3.05) is 32.7 Å². The standard InChI is InChI=1S/C18H24FN3O/c19-15-3-4-16-17(10-15)23-18(21-16)14-2-1-9-22(12-14)11-13-5-7-20-8-6-13/h3-4,10,13-14,20H,1-2,5-9,11-12H2. The Morgan fingerprint density at radius 2 is 2.13 bits per heavy atom. The van der Waals surface area contributed by atoms with Crippen molar-refractivity contribution in [3.05, 3.63) is 29.9 Å². The molecule has 5 heteroatoms. The first-order valence-electron chi connectivity index (χ1n) is 8.77. The van der Waals surface area contributed by atoms with E-state index in [1.54, 1.807) is 6.07 Å². The molecule has 4 nitrogen and oxygen atoms in total. The molecule has 124 valence electrons. The number of piperidine rings is 2. The van der Waals surface area contributed by atoms with Gasteiger partial charge in [0.2, 0.25) is 0 Å². The van der Waals surface area contributed by atoms with Crippen molar-refractivity contribution in [2.24, 2.45) is 5.92 Å². The van der Waals surface area contributed by atoms with E-state index in [0.717, 1.165) is 43.4 Å². The van der Waals surface area contributed by atoms with E-state index in [4.69, 9.17) is 4.42 Å². The van der Waals surface area contributed by atoms with Crippen LogP contribution in [0, 0.1) is 11.7 Å². The highest BCUT2D eigenvalue weighted by molar-refractivity contribution is 5.72. The molecular formula is C18H24FN3O. The Labute approximate surface area is 136 Å². The summed E-state index contributed by atoms with van der Waals surface area (Å²) in [5.41, 5.74) is 1.33. The lowest BCUT2D eigenvalue weighted by molar-refractivity contribution is 0.155. The zero-order valence-electron chi connectivity index (χ0n) is 13.4. The maximum atomic E-state index is 13.3. The summed E-state index contributed by atoms with van der Waals surface area (Å²) in [4.78, 5) is 7.16. The number of fused-ring (bicyclic) bond motifs is 1. The van der Waals surface area contributed by atoms with Crippen LogP contribution in [-0.2, 0) is 0 Å². The summed E-state index contributed by atoms with van der Waals surface area (Å²) >= 11 is 0. The van der Waals surface area contributed by atoms with E-state index in [9.17, 15) is 4.39 Å². The van der Waals surface area contributed by atoms with E-state index in [2.05, 4.69) is 15.2 Å². The minimum absolute atomic E-state index is 0.267. The summed E-state index contributed by atoms with van der Waals surface area (Å²) < 4.78 is 19.1. The van der Waals surface area contributed by atoms with Crippen molar-refractivity contribution in [3.8, 4) is 0 Å². The number of halogens is 1. The van der Waals surface area contributed by atoms with E-state index in [1.165, 1.54) is 44.5 Å². The second-order valence-corrected chi connectivity index (χ2v) is 6.96. The number of hydrogen-bond acceptors (Lipinski definition) is 4. The number of oxazole rings is 1. The van der Waals surface area contributed by atoms with Crippen LogP contribution in [0.25, 0.3) is 11.1 Å². The maximum Gasteiger partial charge on any atom is 0.199 e.